The molecule has 18 heavy (non-hydrogen) atoms. The number of benzene rings is 1. The zero-order valence-corrected chi connectivity index (χ0v) is 10.3. The number of aromatic carboxylic acids is 1. The van der Waals surface area contributed by atoms with Gasteiger partial charge in [-0.1, -0.05) is 19.4 Å². The van der Waals surface area contributed by atoms with Crippen molar-refractivity contribution in [1.29, 1.82) is 0 Å². The highest BCUT2D eigenvalue weighted by Gasteiger charge is 2.05. The van der Waals surface area contributed by atoms with Gasteiger partial charge in [-0.05, 0) is 24.6 Å². The Bertz CT molecular complexity index is 417. The van der Waals surface area contributed by atoms with Gasteiger partial charge in [0, 0.05) is 6.54 Å². The molecule has 0 fully saturated rings. The van der Waals surface area contributed by atoms with Gasteiger partial charge < -0.3 is 15.2 Å². The van der Waals surface area contributed by atoms with Crippen LogP contribution in [0.25, 0.3) is 0 Å². The molecule has 0 spiro atoms. The second-order valence-electron chi connectivity index (χ2n) is 3.83. The van der Waals surface area contributed by atoms with Crippen molar-refractivity contribution in [3.63, 3.8) is 0 Å². The third-order valence-electron chi connectivity index (χ3n) is 2.30. The van der Waals surface area contributed by atoms with E-state index in [2.05, 4.69) is 5.32 Å². The highest BCUT2D eigenvalue weighted by molar-refractivity contribution is 5.88. The summed E-state index contributed by atoms with van der Waals surface area (Å²) in [6.07, 6.45) is 1.95. The molecule has 1 rings (SSSR count). The number of carboxylic acids is 1. The van der Waals surface area contributed by atoms with Crippen molar-refractivity contribution >= 4 is 11.9 Å². The molecule has 0 unspecified atom stereocenters. The molecule has 5 nitrogen and oxygen atoms in total. The van der Waals surface area contributed by atoms with Crippen LogP contribution in [-0.2, 0) is 4.79 Å². The average Bonchev–Trinajstić information content (AvgIpc) is 2.37. The average molecular weight is 251 g/mol. The first-order valence-electron chi connectivity index (χ1n) is 5.86. The minimum atomic E-state index is -1.02. The molecule has 2 N–H and O–H groups in total. The topological polar surface area (TPSA) is 75.6 Å². The molecule has 0 aliphatic carbocycles. The normalized spacial score (nSPS) is 9.83. The summed E-state index contributed by atoms with van der Waals surface area (Å²) in [7, 11) is 0. The maximum absolute atomic E-state index is 11.4. The first-order chi connectivity index (χ1) is 8.63. The summed E-state index contributed by atoms with van der Waals surface area (Å²) in [5, 5.41) is 11.5. The smallest absolute Gasteiger partial charge is 0.335 e. The van der Waals surface area contributed by atoms with Crippen molar-refractivity contribution in [2.24, 2.45) is 0 Å². The molecular formula is C13H17NO4. The molecule has 0 atom stereocenters. The van der Waals surface area contributed by atoms with Crippen LogP contribution >= 0.6 is 0 Å². The van der Waals surface area contributed by atoms with Crippen molar-refractivity contribution in [2.75, 3.05) is 13.2 Å². The summed E-state index contributed by atoms with van der Waals surface area (Å²) in [5.41, 5.74) is 0.138. The van der Waals surface area contributed by atoms with Crippen molar-refractivity contribution in [3.05, 3.63) is 29.8 Å². The second-order valence-corrected chi connectivity index (χ2v) is 3.83. The Kier molecular flexibility index (Phi) is 5.70. The number of nitrogens with one attached hydrogen (secondary N) is 1. The van der Waals surface area contributed by atoms with Crippen LogP contribution in [0.15, 0.2) is 24.3 Å². The van der Waals surface area contributed by atoms with E-state index in [0.717, 1.165) is 12.8 Å². The molecule has 0 saturated carbocycles. The molecule has 98 valence electrons. The summed E-state index contributed by atoms with van der Waals surface area (Å²) in [5.74, 6) is -0.849. The molecule has 1 aromatic carbocycles. The number of hydrogen-bond donors (Lipinski definition) is 2. The van der Waals surface area contributed by atoms with E-state index in [4.69, 9.17) is 9.84 Å². The van der Waals surface area contributed by atoms with Gasteiger partial charge in [0.1, 0.15) is 5.75 Å². The quantitative estimate of drug-likeness (QED) is 0.723. The van der Waals surface area contributed by atoms with E-state index in [9.17, 15) is 9.59 Å². The van der Waals surface area contributed by atoms with Crippen molar-refractivity contribution in [1.82, 2.24) is 5.32 Å². The van der Waals surface area contributed by atoms with Crippen LogP contribution in [0.3, 0.4) is 0 Å². The van der Waals surface area contributed by atoms with Gasteiger partial charge in [-0.2, -0.15) is 0 Å². The van der Waals surface area contributed by atoms with Crippen LogP contribution in [0.1, 0.15) is 30.1 Å². The SMILES string of the molecule is CCCCNC(=O)COc1cccc(C(=O)O)c1. The number of unbranched alkanes of at least 4 members (excludes halogenated alkanes) is 1. The molecular weight excluding hydrogens is 234 g/mol. The molecule has 0 bridgehead atoms. The maximum Gasteiger partial charge on any atom is 0.335 e. The van der Waals surface area contributed by atoms with Crippen LogP contribution in [0.5, 0.6) is 5.75 Å². The number of carboxylic acid groups (broad SMARTS) is 1. The number of ether oxygens (including phenoxy) is 1. The van der Waals surface area contributed by atoms with Gasteiger partial charge >= 0.3 is 5.97 Å². The Hall–Kier alpha value is -2.04. The first kappa shape index (κ1) is 14.0. The van der Waals surface area contributed by atoms with Crippen LogP contribution in [0, 0.1) is 0 Å². The Morgan fingerprint density at radius 2 is 2.17 bits per heavy atom. The van der Waals surface area contributed by atoms with Gasteiger partial charge in [0.15, 0.2) is 6.61 Å². The number of hydrogen-bond acceptors (Lipinski definition) is 3. The molecule has 0 saturated heterocycles. The van der Waals surface area contributed by atoms with Gasteiger partial charge in [0.2, 0.25) is 0 Å². The number of carbonyl (C=O) groups excluding carboxylic acids is 1. The van der Waals surface area contributed by atoms with Gasteiger partial charge in [0.25, 0.3) is 5.91 Å². The summed E-state index contributed by atoms with van der Waals surface area (Å²) < 4.78 is 5.21. The van der Waals surface area contributed by atoms with E-state index >= 15 is 0 Å². The molecule has 1 amide bonds. The standard InChI is InChI=1S/C13H17NO4/c1-2-3-7-14-12(15)9-18-11-6-4-5-10(8-11)13(16)17/h4-6,8H,2-3,7,9H2,1H3,(H,14,15)(H,16,17). The van der Waals surface area contributed by atoms with E-state index in [1.165, 1.54) is 12.1 Å². The molecule has 0 radical (unpaired) electrons. The van der Waals surface area contributed by atoms with E-state index in [1.54, 1.807) is 12.1 Å². The predicted molar refractivity (Wildman–Crippen MR) is 66.8 cm³/mol. The Balaban J connectivity index is 2.41. The zero-order valence-electron chi connectivity index (χ0n) is 10.3. The van der Waals surface area contributed by atoms with E-state index in [1.807, 2.05) is 6.92 Å². The highest BCUT2D eigenvalue weighted by Crippen LogP contribution is 2.12. The molecule has 0 aliphatic heterocycles. The Labute approximate surface area is 106 Å². The fraction of sp³-hybridized carbons (Fsp3) is 0.385. The third kappa shape index (κ3) is 4.86. The lowest BCUT2D eigenvalue weighted by atomic mass is 10.2. The van der Waals surface area contributed by atoms with Crippen LogP contribution < -0.4 is 10.1 Å². The van der Waals surface area contributed by atoms with E-state index in [0.29, 0.717) is 12.3 Å². The van der Waals surface area contributed by atoms with Crippen LogP contribution in [-0.4, -0.2) is 30.1 Å². The van der Waals surface area contributed by atoms with Gasteiger partial charge in [-0.25, -0.2) is 4.79 Å². The molecule has 0 aliphatic rings. The van der Waals surface area contributed by atoms with Gasteiger partial charge in [-0.15, -0.1) is 0 Å². The lowest BCUT2D eigenvalue weighted by Gasteiger charge is -2.07. The monoisotopic (exact) mass is 251 g/mol. The Morgan fingerprint density at radius 3 is 2.83 bits per heavy atom. The highest BCUT2D eigenvalue weighted by atomic mass is 16.5. The number of rotatable bonds is 7. The lowest BCUT2D eigenvalue weighted by Crippen LogP contribution is -2.29. The summed E-state index contributed by atoms with van der Waals surface area (Å²) >= 11 is 0. The van der Waals surface area contributed by atoms with Crippen molar-refractivity contribution < 1.29 is 19.4 Å². The van der Waals surface area contributed by atoms with Crippen LogP contribution in [0.2, 0.25) is 0 Å². The number of amides is 1. The van der Waals surface area contributed by atoms with Crippen molar-refractivity contribution in [2.45, 2.75) is 19.8 Å². The van der Waals surface area contributed by atoms with E-state index in [-0.39, 0.29) is 18.1 Å². The fourth-order valence-corrected chi connectivity index (χ4v) is 1.32. The number of carbonyl (C=O) groups is 2. The van der Waals surface area contributed by atoms with Crippen LogP contribution in [0.4, 0.5) is 0 Å². The first-order valence-corrected chi connectivity index (χ1v) is 5.86. The maximum atomic E-state index is 11.4. The zero-order chi connectivity index (χ0) is 13.4. The minimum Gasteiger partial charge on any atom is -0.484 e. The second kappa shape index (κ2) is 7.32. The molecule has 0 heterocycles. The third-order valence-corrected chi connectivity index (χ3v) is 2.30. The van der Waals surface area contributed by atoms with Gasteiger partial charge in [0.05, 0.1) is 5.56 Å². The predicted octanol–water partition coefficient (Wildman–Crippen LogP) is 1.68. The molecule has 1 aromatic rings. The lowest BCUT2D eigenvalue weighted by molar-refractivity contribution is -0.123. The summed E-state index contributed by atoms with van der Waals surface area (Å²) in [6.45, 7) is 2.57. The summed E-state index contributed by atoms with van der Waals surface area (Å²) in [4.78, 5) is 22.1. The molecule has 0 aromatic heterocycles. The minimum absolute atomic E-state index is 0.104. The summed E-state index contributed by atoms with van der Waals surface area (Å²) in [6, 6.07) is 6.05. The fourth-order valence-electron chi connectivity index (χ4n) is 1.32. The van der Waals surface area contributed by atoms with Crippen molar-refractivity contribution in [3.8, 4) is 5.75 Å². The molecule has 5 heteroatoms. The largest absolute Gasteiger partial charge is 0.484 e. The Morgan fingerprint density at radius 1 is 1.39 bits per heavy atom. The van der Waals surface area contributed by atoms with E-state index < -0.39 is 5.97 Å². The van der Waals surface area contributed by atoms with Gasteiger partial charge in [-0.3, -0.25) is 4.79 Å².